The zero-order valence-electron chi connectivity index (χ0n) is 13.0. The second kappa shape index (κ2) is 8.67. The molecule has 0 aromatic heterocycles. The van der Waals surface area contributed by atoms with Gasteiger partial charge in [-0.2, -0.15) is 11.8 Å². The molecule has 1 heterocycles. The maximum atomic E-state index is 12.1. The van der Waals surface area contributed by atoms with Crippen LogP contribution >= 0.6 is 11.8 Å². The van der Waals surface area contributed by atoms with Gasteiger partial charge in [-0.3, -0.25) is 4.79 Å². The Morgan fingerprint density at radius 1 is 1.30 bits per heavy atom. The number of carbonyl (C=O) groups is 2. The molecule has 1 amide bonds. The van der Waals surface area contributed by atoms with Gasteiger partial charge in [-0.05, 0) is 36.1 Å². The van der Waals surface area contributed by atoms with E-state index in [0.29, 0.717) is 36.9 Å². The normalized spacial score (nSPS) is 14.7. The first kappa shape index (κ1) is 17.5. The van der Waals surface area contributed by atoms with E-state index >= 15 is 0 Å². The van der Waals surface area contributed by atoms with Crippen LogP contribution in [0.4, 0.5) is 0 Å². The second-order valence-corrected chi connectivity index (χ2v) is 6.23. The Balaban J connectivity index is 1.96. The molecule has 126 valence electrons. The zero-order valence-corrected chi connectivity index (χ0v) is 13.9. The summed E-state index contributed by atoms with van der Waals surface area (Å²) in [5, 5.41) is 11.7. The van der Waals surface area contributed by atoms with E-state index in [1.807, 2.05) is 6.26 Å². The lowest BCUT2D eigenvalue weighted by molar-refractivity contribution is -0.141. The molecular weight excluding hydrogens is 318 g/mol. The predicted octanol–water partition coefficient (Wildman–Crippen LogP) is 1.71. The number of amides is 1. The summed E-state index contributed by atoms with van der Waals surface area (Å²) in [6.07, 6.45) is 3.24. The molecule has 0 bridgehead atoms. The number of rotatable bonds is 7. The van der Waals surface area contributed by atoms with Gasteiger partial charge in [0.1, 0.15) is 6.04 Å². The van der Waals surface area contributed by atoms with Gasteiger partial charge < -0.3 is 19.9 Å². The van der Waals surface area contributed by atoms with Gasteiger partial charge in [0.05, 0.1) is 19.6 Å². The minimum absolute atomic E-state index is 0.111. The Morgan fingerprint density at radius 3 is 2.74 bits per heavy atom. The first-order valence-electron chi connectivity index (χ1n) is 7.50. The van der Waals surface area contributed by atoms with Gasteiger partial charge >= 0.3 is 5.97 Å². The smallest absolute Gasteiger partial charge is 0.326 e. The third-order valence-electron chi connectivity index (χ3n) is 3.42. The molecule has 2 N–H and O–H groups in total. The average molecular weight is 339 g/mol. The number of hydrogen-bond acceptors (Lipinski definition) is 5. The van der Waals surface area contributed by atoms with E-state index in [1.54, 1.807) is 30.0 Å². The summed E-state index contributed by atoms with van der Waals surface area (Å²) in [5.41, 5.74) is 0.765. The first-order valence-corrected chi connectivity index (χ1v) is 8.89. The van der Waals surface area contributed by atoms with Crippen LogP contribution in [-0.2, 0) is 16.0 Å². The van der Waals surface area contributed by atoms with Gasteiger partial charge in [-0.1, -0.05) is 6.07 Å². The molecule has 1 atom stereocenters. The molecule has 23 heavy (non-hydrogen) atoms. The number of fused-ring (bicyclic) bond motifs is 1. The van der Waals surface area contributed by atoms with Gasteiger partial charge in [-0.15, -0.1) is 0 Å². The van der Waals surface area contributed by atoms with E-state index in [0.717, 1.165) is 12.0 Å². The number of thioether (sulfide) groups is 1. The van der Waals surface area contributed by atoms with Gasteiger partial charge in [0.15, 0.2) is 11.5 Å². The van der Waals surface area contributed by atoms with Crippen LogP contribution in [0.1, 0.15) is 18.4 Å². The Morgan fingerprint density at radius 2 is 2.04 bits per heavy atom. The summed E-state index contributed by atoms with van der Waals surface area (Å²) in [5.74, 6) is 0.667. The highest BCUT2D eigenvalue weighted by molar-refractivity contribution is 7.98. The van der Waals surface area contributed by atoms with E-state index < -0.39 is 12.0 Å². The fourth-order valence-electron chi connectivity index (χ4n) is 2.24. The van der Waals surface area contributed by atoms with Crippen LogP contribution in [0.3, 0.4) is 0 Å². The average Bonchev–Trinajstić information content (AvgIpc) is 2.76. The van der Waals surface area contributed by atoms with Crippen molar-refractivity contribution in [3.8, 4) is 11.5 Å². The summed E-state index contributed by atoms with van der Waals surface area (Å²) in [6.45, 7) is 1.20. The van der Waals surface area contributed by atoms with Crippen molar-refractivity contribution in [3.05, 3.63) is 23.8 Å². The monoisotopic (exact) mass is 339 g/mol. The van der Waals surface area contributed by atoms with Crippen molar-refractivity contribution in [1.82, 2.24) is 5.32 Å². The number of benzene rings is 1. The Bertz CT molecular complexity index is 563. The molecule has 0 radical (unpaired) electrons. The molecule has 2 rings (SSSR count). The van der Waals surface area contributed by atoms with E-state index in [4.69, 9.17) is 14.6 Å². The molecule has 0 spiro atoms. The van der Waals surface area contributed by atoms with E-state index in [-0.39, 0.29) is 12.3 Å². The number of carboxylic acids is 1. The van der Waals surface area contributed by atoms with Crippen LogP contribution in [0.15, 0.2) is 18.2 Å². The number of carboxylic acid groups (broad SMARTS) is 1. The van der Waals surface area contributed by atoms with Crippen molar-refractivity contribution < 1.29 is 24.2 Å². The first-order chi connectivity index (χ1) is 11.1. The molecular formula is C16H21NO5S. The van der Waals surface area contributed by atoms with Gasteiger partial charge in [0.25, 0.3) is 0 Å². The Kier molecular flexibility index (Phi) is 6.58. The molecule has 1 aromatic rings. The van der Waals surface area contributed by atoms with Crippen molar-refractivity contribution in [1.29, 1.82) is 0 Å². The summed E-state index contributed by atoms with van der Waals surface area (Å²) < 4.78 is 11.1. The highest BCUT2D eigenvalue weighted by atomic mass is 32.2. The molecule has 0 saturated heterocycles. The number of hydrogen-bond donors (Lipinski definition) is 2. The Hall–Kier alpha value is -1.89. The van der Waals surface area contributed by atoms with Crippen LogP contribution < -0.4 is 14.8 Å². The lowest BCUT2D eigenvalue weighted by atomic mass is 10.1. The maximum absolute atomic E-state index is 12.1. The van der Waals surface area contributed by atoms with E-state index in [1.165, 1.54) is 0 Å². The third kappa shape index (κ3) is 5.35. The highest BCUT2D eigenvalue weighted by Crippen LogP contribution is 2.30. The summed E-state index contributed by atoms with van der Waals surface area (Å²) >= 11 is 1.55. The molecule has 1 aliphatic heterocycles. The van der Waals surface area contributed by atoms with Gasteiger partial charge in [-0.25, -0.2) is 4.79 Å². The largest absolute Gasteiger partial charge is 0.490 e. The van der Waals surface area contributed by atoms with Crippen molar-refractivity contribution >= 4 is 23.6 Å². The number of aliphatic carboxylic acids is 1. The molecule has 0 unspecified atom stereocenters. The number of nitrogens with one attached hydrogen (secondary N) is 1. The molecule has 0 fully saturated rings. The lowest BCUT2D eigenvalue weighted by Crippen LogP contribution is -2.41. The fraction of sp³-hybridized carbons (Fsp3) is 0.500. The highest BCUT2D eigenvalue weighted by Gasteiger charge is 2.20. The Labute approximate surface area is 139 Å². The van der Waals surface area contributed by atoms with E-state index in [2.05, 4.69) is 5.32 Å². The maximum Gasteiger partial charge on any atom is 0.326 e. The zero-order chi connectivity index (χ0) is 16.7. The molecule has 0 aliphatic carbocycles. The topological polar surface area (TPSA) is 84.9 Å². The van der Waals surface area contributed by atoms with E-state index in [9.17, 15) is 9.59 Å². The van der Waals surface area contributed by atoms with Gasteiger partial charge in [0, 0.05) is 6.42 Å². The van der Waals surface area contributed by atoms with Gasteiger partial charge in [0.2, 0.25) is 5.91 Å². The molecule has 1 aliphatic rings. The summed E-state index contributed by atoms with van der Waals surface area (Å²) in [7, 11) is 0. The quantitative estimate of drug-likeness (QED) is 0.787. The fourth-order valence-corrected chi connectivity index (χ4v) is 2.71. The second-order valence-electron chi connectivity index (χ2n) is 5.25. The predicted molar refractivity (Wildman–Crippen MR) is 88.3 cm³/mol. The lowest BCUT2D eigenvalue weighted by Gasteiger charge is -2.14. The van der Waals surface area contributed by atoms with Crippen LogP contribution in [-0.4, -0.2) is 48.2 Å². The number of ether oxygens (including phenoxy) is 2. The van der Waals surface area contributed by atoms with Crippen LogP contribution in [0, 0.1) is 0 Å². The van der Waals surface area contributed by atoms with Crippen molar-refractivity contribution in [2.75, 3.05) is 25.2 Å². The molecule has 0 saturated carbocycles. The SMILES string of the molecule is CSCC[C@@H](NC(=O)Cc1ccc2c(c1)OCCCO2)C(=O)O. The molecule has 7 heteroatoms. The minimum Gasteiger partial charge on any atom is -0.490 e. The van der Waals surface area contributed by atoms with Crippen LogP contribution in [0.2, 0.25) is 0 Å². The molecule has 1 aromatic carbocycles. The standard InChI is InChI=1S/C16H21NO5S/c1-23-8-5-12(16(19)20)17-15(18)10-11-3-4-13-14(9-11)22-7-2-6-21-13/h3-4,9,12H,2,5-8,10H2,1H3,(H,17,18)(H,19,20)/t12-/m1/s1. The number of carbonyl (C=O) groups excluding carboxylic acids is 1. The summed E-state index contributed by atoms with van der Waals surface area (Å²) in [4.78, 5) is 23.2. The molecule has 6 nitrogen and oxygen atoms in total. The van der Waals surface area contributed by atoms with Crippen molar-refractivity contribution in [2.45, 2.75) is 25.3 Å². The van der Waals surface area contributed by atoms with Crippen LogP contribution in [0.5, 0.6) is 11.5 Å². The minimum atomic E-state index is -1.01. The third-order valence-corrected chi connectivity index (χ3v) is 4.06. The summed E-state index contributed by atoms with van der Waals surface area (Å²) in [6, 6.07) is 4.50. The van der Waals surface area contributed by atoms with Crippen LogP contribution in [0.25, 0.3) is 0 Å². The van der Waals surface area contributed by atoms with Crippen molar-refractivity contribution in [3.63, 3.8) is 0 Å². The van der Waals surface area contributed by atoms with Crippen molar-refractivity contribution in [2.24, 2.45) is 0 Å².